The van der Waals surface area contributed by atoms with Crippen LogP contribution in [0.25, 0.3) is 0 Å². The van der Waals surface area contributed by atoms with Crippen molar-refractivity contribution in [2.24, 2.45) is 11.3 Å². The van der Waals surface area contributed by atoms with Crippen molar-refractivity contribution in [3.63, 3.8) is 0 Å². The van der Waals surface area contributed by atoms with Gasteiger partial charge in [-0.3, -0.25) is 0 Å². The van der Waals surface area contributed by atoms with E-state index < -0.39 is 15.4 Å². The van der Waals surface area contributed by atoms with E-state index in [0.717, 1.165) is 36.7 Å². The number of hydrogen-bond donors (Lipinski definition) is 2. The zero-order valence-corrected chi connectivity index (χ0v) is 27.7. The van der Waals surface area contributed by atoms with Gasteiger partial charge in [0.05, 0.1) is 24.8 Å². The van der Waals surface area contributed by atoms with Gasteiger partial charge in [0, 0.05) is 40.8 Å². The lowest BCUT2D eigenvalue weighted by atomic mass is 9.73. The number of rotatable bonds is 8. The van der Waals surface area contributed by atoms with E-state index in [1.807, 2.05) is 12.1 Å². The van der Waals surface area contributed by atoms with E-state index in [-0.39, 0.29) is 22.4 Å². The fourth-order valence-corrected chi connectivity index (χ4v) is 6.18. The van der Waals surface area contributed by atoms with Gasteiger partial charge in [0.2, 0.25) is 5.95 Å². The first kappa shape index (κ1) is 32.1. The standard InChI is InChI=1S/C29H42BCl2N5O3Si/c1-28(2,3)41(6,7)40-16-20-12-21(13-22(31)25(20)30-38-17-29(4,5)18-39-30)35-27-34-15-23(32)26(37-27)36-24-11-9-8-10-19(24)14-33/h12-13,15,19,24H,8-11,16-18H2,1-7H3,(H2,34,35,36,37)/t19-,24+/m0/s1. The fraction of sp³-hybridized carbons (Fsp3) is 0.621. The summed E-state index contributed by atoms with van der Waals surface area (Å²) in [5.41, 5.74) is 2.32. The van der Waals surface area contributed by atoms with Gasteiger partial charge in [-0.1, -0.05) is 70.7 Å². The Labute approximate surface area is 256 Å². The predicted octanol–water partition coefficient (Wildman–Crippen LogP) is 7.31. The Morgan fingerprint density at radius 2 is 1.83 bits per heavy atom. The summed E-state index contributed by atoms with van der Waals surface area (Å²) in [6, 6.07) is 6.25. The summed E-state index contributed by atoms with van der Waals surface area (Å²) in [6.45, 7) is 16.9. The molecule has 0 amide bonds. The Bertz CT molecular complexity index is 1270. The average Bonchev–Trinajstić information content (AvgIpc) is 2.89. The second-order valence-corrected chi connectivity index (χ2v) is 19.1. The predicted molar refractivity (Wildman–Crippen MR) is 170 cm³/mol. The zero-order valence-electron chi connectivity index (χ0n) is 25.2. The number of aromatic nitrogens is 2. The SMILES string of the molecule is CC1(C)COB(c2c(Cl)cc(Nc3ncc(Cl)c(N[C@@H]4CCCC[C@H]4C#N)n3)cc2CO[Si](C)(C)C(C)(C)C)OC1. The maximum Gasteiger partial charge on any atom is 0.495 e. The van der Waals surface area contributed by atoms with Gasteiger partial charge in [0.1, 0.15) is 5.02 Å². The molecular weight excluding hydrogens is 576 g/mol. The molecule has 2 aliphatic rings. The molecule has 1 aliphatic carbocycles. The Kier molecular flexibility index (Phi) is 9.99. The van der Waals surface area contributed by atoms with Gasteiger partial charge < -0.3 is 24.4 Å². The molecule has 1 saturated heterocycles. The van der Waals surface area contributed by atoms with Crippen LogP contribution in [0.5, 0.6) is 0 Å². The molecule has 222 valence electrons. The molecule has 41 heavy (non-hydrogen) atoms. The van der Waals surface area contributed by atoms with Crippen molar-refractivity contribution >= 4 is 61.6 Å². The number of halogens is 2. The van der Waals surface area contributed by atoms with Crippen LogP contribution in [0.3, 0.4) is 0 Å². The van der Waals surface area contributed by atoms with E-state index >= 15 is 0 Å². The van der Waals surface area contributed by atoms with E-state index in [1.165, 1.54) is 0 Å². The Balaban J connectivity index is 1.61. The summed E-state index contributed by atoms with van der Waals surface area (Å²) >= 11 is 13.4. The van der Waals surface area contributed by atoms with E-state index in [4.69, 9.17) is 36.9 Å². The molecule has 0 unspecified atom stereocenters. The lowest BCUT2D eigenvalue weighted by Crippen LogP contribution is -2.49. The number of nitrogens with one attached hydrogen (secondary N) is 2. The molecule has 4 rings (SSSR count). The van der Waals surface area contributed by atoms with Crippen molar-refractivity contribution in [2.45, 2.75) is 91.1 Å². The first-order valence-corrected chi connectivity index (χ1v) is 18.0. The number of benzene rings is 1. The third kappa shape index (κ3) is 7.95. The van der Waals surface area contributed by atoms with Crippen molar-refractivity contribution < 1.29 is 13.7 Å². The molecule has 0 radical (unpaired) electrons. The maximum atomic E-state index is 9.58. The normalized spacial score (nSPS) is 21.3. The number of hydrogen-bond acceptors (Lipinski definition) is 8. The van der Waals surface area contributed by atoms with Crippen LogP contribution in [0.15, 0.2) is 18.3 Å². The lowest BCUT2D eigenvalue weighted by Gasteiger charge is -2.37. The van der Waals surface area contributed by atoms with Crippen LogP contribution in [0.1, 0.15) is 65.9 Å². The molecule has 2 N–H and O–H groups in total. The molecule has 0 spiro atoms. The highest BCUT2D eigenvalue weighted by Crippen LogP contribution is 2.37. The summed E-state index contributed by atoms with van der Waals surface area (Å²) in [4.78, 5) is 9.04. The third-order valence-electron chi connectivity index (χ3n) is 8.35. The molecule has 2 heterocycles. The molecule has 1 saturated carbocycles. The number of nitrogens with zero attached hydrogens (tertiary/aromatic N) is 3. The summed E-state index contributed by atoms with van der Waals surface area (Å²) in [6.07, 6.45) is 5.47. The van der Waals surface area contributed by atoms with E-state index in [0.29, 0.717) is 47.3 Å². The number of nitriles is 1. The Morgan fingerprint density at radius 1 is 1.15 bits per heavy atom. The van der Waals surface area contributed by atoms with Crippen molar-refractivity contribution in [1.82, 2.24) is 9.97 Å². The van der Waals surface area contributed by atoms with Crippen LogP contribution in [0.2, 0.25) is 28.2 Å². The monoisotopic (exact) mass is 617 g/mol. The van der Waals surface area contributed by atoms with Gasteiger partial charge in [-0.2, -0.15) is 10.2 Å². The van der Waals surface area contributed by atoms with E-state index in [9.17, 15) is 5.26 Å². The molecule has 1 aromatic heterocycles. The maximum absolute atomic E-state index is 9.58. The molecule has 12 heteroatoms. The zero-order chi connectivity index (χ0) is 30.0. The summed E-state index contributed by atoms with van der Waals surface area (Å²) in [5.74, 6) is 0.802. The minimum Gasteiger partial charge on any atom is -0.413 e. The third-order valence-corrected chi connectivity index (χ3v) is 13.4. The second kappa shape index (κ2) is 12.8. The molecule has 2 atom stereocenters. The molecule has 2 aromatic rings. The van der Waals surface area contributed by atoms with E-state index in [1.54, 1.807) is 6.20 Å². The Morgan fingerprint density at radius 3 is 2.49 bits per heavy atom. The quantitative estimate of drug-likeness (QED) is 0.297. The molecule has 1 aromatic carbocycles. The summed E-state index contributed by atoms with van der Waals surface area (Å²) in [7, 11) is -2.63. The van der Waals surface area contributed by atoms with E-state index in [2.05, 4.69) is 74.4 Å². The fourth-order valence-electron chi connectivity index (χ4n) is 4.76. The van der Waals surface area contributed by atoms with Crippen molar-refractivity contribution in [3.8, 4) is 6.07 Å². The molecule has 0 bridgehead atoms. The van der Waals surface area contributed by atoms with Gasteiger partial charge in [0.15, 0.2) is 14.1 Å². The van der Waals surface area contributed by atoms with Crippen molar-refractivity contribution in [1.29, 1.82) is 5.26 Å². The average molecular weight is 618 g/mol. The summed E-state index contributed by atoms with van der Waals surface area (Å²) in [5, 5.41) is 17.2. The minimum atomic E-state index is -2.05. The molecular formula is C29H42BCl2N5O3Si. The lowest BCUT2D eigenvalue weighted by molar-refractivity contribution is 0.0342. The molecule has 8 nitrogen and oxygen atoms in total. The minimum absolute atomic E-state index is 0.00212. The smallest absolute Gasteiger partial charge is 0.413 e. The number of anilines is 3. The largest absolute Gasteiger partial charge is 0.495 e. The van der Waals surface area contributed by atoms with Gasteiger partial charge in [-0.25, -0.2) is 4.98 Å². The highest BCUT2D eigenvalue weighted by atomic mass is 35.5. The van der Waals surface area contributed by atoms with Crippen molar-refractivity contribution in [2.75, 3.05) is 23.8 Å². The molecule has 2 fully saturated rings. The summed E-state index contributed by atoms with van der Waals surface area (Å²) < 4.78 is 18.9. The molecule has 1 aliphatic heterocycles. The first-order chi connectivity index (χ1) is 19.2. The van der Waals surface area contributed by atoms with Crippen molar-refractivity contribution in [3.05, 3.63) is 33.9 Å². The highest BCUT2D eigenvalue weighted by Gasteiger charge is 2.39. The van der Waals surface area contributed by atoms with Crippen LogP contribution in [0, 0.1) is 22.7 Å². The van der Waals surface area contributed by atoms with Crippen LogP contribution < -0.4 is 16.1 Å². The second-order valence-electron chi connectivity index (χ2n) is 13.5. The van der Waals surface area contributed by atoms with Gasteiger partial charge >= 0.3 is 7.12 Å². The highest BCUT2D eigenvalue weighted by molar-refractivity contribution is 6.74. The van der Waals surface area contributed by atoms with Crippen LogP contribution in [-0.2, 0) is 20.3 Å². The van der Waals surface area contributed by atoms with Gasteiger partial charge in [-0.05, 0) is 48.7 Å². The van der Waals surface area contributed by atoms with Crippen LogP contribution >= 0.6 is 23.2 Å². The first-order valence-electron chi connectivity index (χ1n) is 14.3. The van der Waals surface area contributed by atoms with Crippen LogP contribution in [-0.4, -0.2) is 44.7 Å². The van der Waals surface area contributed by atoms with Gasteiger partial charge in [-0.15, -0.1) is 0 Å². The van der Waals surface area contributed by atoms with Gasteiger partial charge in [0.25, 0.3) is 0 Å². The van der Waals surface area contributed by atoms with Crippen LogP contribution in [0.4, 0.5) is 17.5 Å². The topological polar surface area (TPSA) is 101 Å². The Hall–Kier alpha value is -1.87.